The van der Waals surface area contributed by atoms with Crippen LogP contribution in [0.25, 0.3) is 0 Å². The third kappa shape index (κ3) is 5.60. The summed E-state index contributed by atoms with van der Waals surface area (Å²) in [6.07, 6.45) is 2.69. The van der Waals surface area contributed by atoms with Gasteiger partial charge in [0.2, 0.25) is 0 Å². The molecule has 0 aliphatic heterocycles. The number of thioether (sulfide) groups is 1. The van der Waals surface area contributed by atoms with Gasteiger partial charge in [0, 0.05) is 5.33 Å². The lowest BCUT2D eigenvalue weighted by molar-refractivity contribution is 0.562. The molecule has 0 spiro atoms. The van der Waals surface area contributed by atoms with E-state index in [2.05, 4.69) is 29.8 Å². The Balaban J connectivity index is 3.09. The van der Waals surface area contributed by atoms with Crippen LogP contribution in [0.3, 0.4) is 0 Å². The van der Waals surface area contributed by atoms with E-state index in [0.29, 0.717) is 0 Å². The van der Waals surface area contributed by atoms with Crippen LogP contribution in [0.4, 0.5) is 0 Å². The van der Waals surface area contributed by atoms with E-state index in [1.54, 1.807) is 0 Å². The Bertz CT molecular complexity index is 62.3. The fourth-order valence-electron chi connectivity index (χ4n) is 0.785. The Kier molecular flexibility index (Phi) is 8.59. The predicted octanol–water partition coefficient (Wildman–Crippen LogP) is 3.55. The fraction of sp³-hybridized carbons (Fsp3) is 1.00. The van der Waals surface area contributed by atoms with Crippen molar-refractivity contribution in [1.29, 1.82) is 0 Å². The lowest BCUT2D eigenvalue weighted by atomic mass is 10.1. The summed E-state index contributed by atoms with van der Waals surface area (Å²) in [5.74, 6) is 3.50. The topological polar surface area (TPSA) is 0 Å². The predicted molar refractivity (Wildman–Crippen MR) is 55.2 cm³/mol. The van der Waals surface area contributed by atoms with Gasteiger partial charge >= 0.3 is 0 Å². The third-order valence-electron chi connectivity index (χ3n) is 1.67. The highest BCUT2D eigenvalue weighted by Gasteiger charge is 2.02. The molecule has 0 amide bonds. The van der Waals surface area contributed by atoms with Crippen molar-refractivity contribution in [1.82, 2.24) is 0 Å². The first-order valence-corrected chi connectivity index (χ1v) is 6.26. The maximum Gasteiger partial charge on any atom is 0.00598 e. The normalized spacial score (nSPS) is 13.5. The van der Waals surface area contributed by atoms with Crippen LogP contribution in [0.15, 0.2) is 0 Å². The van der Waals surface area contributed by atoms with Crippen molar-refractivity contribution in [2.75, 3.05) is 16.8 Å². The van der Waals surface area contributed by atoms with E-state index in [0.717, 1.165) is 5.92 Å². The second-order valence-electron chi connectivity index (χ2n) is 2.41. The smallest absolute Gasteiger partial charge is 0.00598 e. The van der Waals surface area contributed by atoms with E-state index < -0.39 is 0 Å². The van der Waals surface area contributed by atoms with Crippen LogP contribution in [0.1, 0.15) is 26.7 Å². The van der Waals surface area contributed by atoms with Gasteiger partial charge in [0.25, 0.3) is 0 Å². The number of alkyl halides is 1. The van der Waals surface area contributed by atoms with E-state index in [4.69, 9.17) is 0 Å². The maximum atomic E-state index is 3.52. The molecule has 0 nitrogen and oxygen atoms in total. The van der Waals surface area contributed by atoms with Crippen LogP contribution in [-0.2, 0) is 0 Å². The molecule has 0 aromatic heterocycles. The van der Waals surface area contributed by atoms with Crippen LogP contribution < -0.4 is 0 Å². The van der Waals surface area contributed by atoms with Gasteiger partial charge in [-0.1, -0.05) is 36.2 Å². The van der Waals surface area contributed by atoms with E-state index in [1.165, 1.54) is 29.7 Å². The fourth-order valence-corrected chi connectivity index (χ4v) is 2.35. The highest BCUT2D eigenvalue weighted by atomic mass is 79.9. The molecule has 10 heavy (non-hydrogen) atoms. The van der Waals surface area contributed by atoms with Crippen molar-refractivity contribution in [3.63, 3.8) is 0 Å². The van der Waals surface area contributed by atoms with Gasteiger partial charge in [-0.05, 0) is 23.8 Å². The van der Waals surface area contributed by atoms with E-state index >= 15 is 0 Å². The SMILES string of the molecule is CCSCCC(CC)CBr. The first-order chi connectivity index (χ1) is 4.85. The number of rotatable bonds is 6. The molecular weight excluding hydrogens is 208 g/mol. The number of hydrogen-bond donors (Lipinski definition) is 0. The minimum absolute atomic E-state index is 0.902. The molecular formula is C8H17BrS. The molecule has 0 saturated carbocycles. The first kappa shape index (κ1) is 10.8. The summed E-state index contributed by atoms with van der Waals surface area (Å²) in [5.41, 5.74) is 0. The molecule has 0 radical (unpaired) electrons. The van der Waals surface area contributed by atoms with Gasteiger partial charge in [0.1, 0.15) is 0 Å². The molecule has 0 aliphatic rings. The molecule has 0 rings (SSSR count). The zero-order valence-electron chi connectivity index (χ0n) is 6.90. The lowest BCUT2D eigenvalue weighted by Crippen LogP contribution is -2.01. The molecule has 2 heteroatoms. The van der Waals surface area contributed by atoms with Crippen LogP contribution in [0.2, 0.25) is 0 Å². The molecule has 0 saturated heterocycles. The molecule has 0 aromatic carbocycles. The van der Waals surface area contributed by atoms with Gasteiger partial charge in [-0.15, -0.1) is 0 Å². The van der Waals surface area contributed by atoms with Crippen molar-refractivity contribution >= 4 is 27.7 Å². The molecule has 0 aliphatic carbocycles. The zero-order chi connectivity index (χ0) is 7.82. The maximum absolute atomic E-state index is 3.52. The van der Waals surface area contributed by atoms with E-state index in [9.17, 15) is 0 Å². The Hall–Kier alpha value is 0.830. The Morgan fingerprint density at radius 1 is 1.40 bits per heavy atom. The number of hydrogen-bond acceptors (Lipinski definition) is 1. The second kappa shape index (κ2) is 7.93. The Morgan fingerprint density at radius 2 is 2.10 bits per heavy atom. The van der Waals surface area contributed by atoms with Gasteiger partial charge < -0.3 is 0 Å². The van der Waals surface area contributed by atoms with Crippen molar-refractivity contribution in [3.8, 4) is 0 Å². The quantitative estimate of drug-likeness (QED) is 0.492. The summed E-state index contributed by atoms with van der Waals surface area (Å²) in [4.78, 5) is 0. The van der Waals surface area contributed by atoms with Gasteiger partial charge in [-0.25, -0.2) is 0 Å². The summed E-state index contributed by atoms with van der Waals surface area (Å²) in [6, 6.07) is 0. The average Bonchev–Trinajstić information content (AvgIpc) is 1.99. The van der Waals surface area contributed by atoms with Gasteiger partial charge in [-0.2, -0.15) is 11.8 Å². The zero-order valence-corrected chi connectivity index (χ0v) is 9.30. The van der Waals surface area contributed by atoms with E-state index in [1.807, 2.05) is 11.8 Å². The van der Waals surface area contributed by atoms with Crippen LogP contribution >= 0.6 is 27.7 Å². The highest BCUT2D eigenvalue weighted by Crippen LogP contribution is 2.14. The Labute approximate surface area is 77.3 Å². The first-order valence-electron chi connectivity index (χ1n) is 3.98. The van der Waals surface area contributed by atoms with Gasteiger partial charge in [0.15, 0.2) is 0 Å². The third-order valence-corrected chi connectivity index (χ3v) is 3.52. The van der Waals surface area contributed by atoms with Crippen LogP contribution in [-0.4, -0.2) is 16.8 Å². The Morgan fingerprint density at radius 3 is 2.50 bits per heavy atom. The molecule has 0 bridgehead atoms. The average molecular weight is 225 g/mol. The monoisotopic (exact) mass is 224 g/mol. The van der Waals surface area contributed by atoms with Gasteiger partial charge in [-0.3, -0.25) is 0 Å². The number of halogens is 1. The molecule has 62 valence electrons. The van der Waals surface area contributed by atoms with Crippen LogP contribution in [0.5, 0.6) is 0 Å². The molecule has 0 fully saturated rings. The van der Waals surface area contributed by atoms with Crippen LogP contribution in [0, 0.1) is 5.92 Å². The largest absolute Gasteiger partial charge is 0.162 e. The summed E-state index contributed by atoms with van der Waals surface area (Å²) in [6.45, 7) is 4.49. The summed E-state index contributed by atoms with van der Waals surface area (Å²) < 4.78 is 0. The van der Waals surface area contributed by atoms with Crippen molar-refractivity contribution in [2.45, 2.75) is 26.7 Å². The van der Waals surface area contributed by atoms with Crippen molar-refractivity contribution in [2.24, 2.45) is 5.92 Å². The minimum Gasteiger partial charge on any atom is -0.162 e. The summed E-state index contributed by atoms with van der Waals surface area (Å²) in [7, 11) is 0. The van der Waals surface area contributed by atoms with Crippen molar-refractivity contribution in [3.05, 3.63) is 0 Å². The summed E-state index contributed by atoms with van der Waals surface area (Å²) in [5, 5.41) is 1.17. The van der Waals surface area contributed by atoms with Crippen molar-refractivity contribution < 1.29 is 0 Å². The molecule has 0 aromatic rings. The minimum atomic E-state index is 0.902. The molecule has 1 atom stereocenters. The van der Waals surface area contributed by atoms with Gasteiger partial charge in [0.05, 0.1) is 0 Å². The molecule has 0 N–H and O–H groups in total. The lowest BCUT2D eigenvalue weighted by Gasteiger charge is -2.09. The second-order valence-corrected chi connectivity index (χ2v) is 4.46. The highest BCUT2D eigenvalue weighted by molar-refractivity contribution is 9.09. The molecule has 0 heterocycles. The standard InChI is InChI=1S/C8H17BrS/c1-3-8(7-9)5-6-10-4-2/h8H,3-7H2,1-2H3. The summed E-state index contributed by atoms with van der Waals surface area (Å²) >= 11 is 5.57. The van der Waals surface area contributed by atoms with E-state index in [-0.39, 0.29) is 0 Å². The molecule has 1 unspecified atom stereocenters.